The van der Waals surface area contributed by atoms with Gasteiger partial charge in [-0.25, -0.2) is 0 Å². The first kappa shape index (κ1) is 10.2. The summed E-state index contributed by atoms with van der Waals surface area (Å²) in [5, 5.41) is 3.09. The third kappa shape index (κ3) is 1.63. The molecule has 0 aliphatic carbocycles. The molecule has 0 radical (unpaired) electrons. The number of hydrogen-bond acceptors (Lipinski definition) is 2. The monoisotopic (exact) mass is 307 g/mol. The summed E-state index contributed by atoms with van der Waals surface area (Å²) < 4.78 is 1.55. The van der Waals surface area contributed by atoms with Crippen molar-refractivity contribution < 1.29 is 0 Å². The first-order valence-electron chi connectivity index (χ1n) is 4.82. The van der Waals surface area contributed by atoms with Crippen LogP contribution < -0.4 is 5.56 Å². The number of aromatic amines is 1. The Labute approximate surface area is 96.8 Å². The quantitative estimate of drug-likeness (QED) is 0.791. The first-order valence-corrected chi connectivity index (χ1v) is 5.79. The van der Waals surface area contributed by atoms with Crippen molar-refractivity contribution >= 4 is 22.9 Å². The van der Waals surface area contributed by atoms with Crippen molar-refractivity contribution in [3.05, 3.63) is 21.6 Å². The largest absolute Gasteiger partial charge is 0.296 e. The zero-order chi connectivity index (χ0) is 10.3. The summed E-state index contributed by atoms with van der Waals surface area (Å²) >= 11 is 2.00. The van der Waals surface area contributed by atoms with Crippen LogP contribution in [0.15, 0.2) is 4.79 Å². The van der Waals surface area contributed by atoms with Crippen molar-refractivity contribution in [2.24, 2.45) is 0 Å². The zero-order valence-electron chi connectivity index (χ0n) is 8.38. The van der Waals surface area contributed by atoms with E-state index in [0.29, 0.717) is 6.04 Å². The Bertz CT molecular complexity index is 393. The van der Waals surface area contributed by atoms with E-state index in [1.54, 1.807) is 2.90 Å². The molecule has 1 aromatic rings. The van der Waals surface area contributed by atoms with Crippen LogP contribution in [0, 0.1) is 0 Å². The molecule has 0 fully saturated rings. The molecule has 1 N–H and O–H groups in total. The smallest absolute Gasteiger partial charge is 0.280 e. The van der Waals surface area contributed by atoms with Gasteiger partial charge in [-0.1, -0.05) is 0 Å². The van der Waals surface area contributed by atoms with Gasteiger partial charge in [-0.05, 0) is 13.8 Å². The molecule has 1 aromatic heterocycles. The molecular formula is C9H14IN3O. The van der Waals surface area contributed by atoms with E-state index in [2.05, 4.69) is 23.8 Å². The highest BCUT2D eigenvalue weighted by molar-refractivity contribution is 14.1. The van der Waals surface area contributed by atoms with E-state index in [1.165, 1.54) is 0 Å². The van der Waals surface area contributed by atoms with E-state index in [9.17, 15) is 4.79 Å². The van der Waals surface area contributed by atoms with Crippen LogP contribution in [-0.2, 0) is 13.0 Å². The Balaban J connectivity index is 2.34. The fourth-order valence-corrected chi connectivity index (χ4v) is 2.41. The Kier molecular flexibility index (Phi) is 2.70. The van der Waals surface area contributed by atoms with Crippen LogP contribution in [0.3, 0.4) is 0 Å². The summed E-state index contributed by atoms with van der Waals surface area (Å²) in [6, 6.07) is 0.514. The molecule has 2 rings (SSSR count). The maximum Gasteiger partial charge on any atom is 0.280 e. The molecule has 0 amide bonds. The average Bonchev–Trinajstić information content (AvgIpc) is 2.43. The number of halogens is 1. The second kappa shape index (κ2) is 3.69. The van der Waals surface area contributed by atoms with Crippen molar-refractivity contribution in [3.63, 3.8) is 0 Å². The number of H-pyrrole nitrogens is 1. The van der Waals surface area contributed by atoms with Gasteiger partial charge in [-0.15, -0.1) is 0 Å². The van der Waals surface area contributed by atoms with Gasteiger partial charge in [0.05, 0.1) is 28.4 Å². The summed E-state index contributed by atoms with van der Waals surface area (Å²) in [4.78, 5) is 14.0. The lowest BCUT2D eigenvalue weighted by Gasteiger charge is -2.29. The van der Waals surface area contributed by atoms with E-state index < -0.39 is 0 Å². The number of rotatable bonds is 1. The lowest BCUT2D eigenvalue weighted by molar-refractivity contribution is 0.202. The molecule has 1 aliphatic heterocycles. The van der Waals surface area contributed by atoms with E-state index in [4.69, 9.17) is 0 Å². The van der Waals surface area contributed by atoms with Gasteiger partial charge in [-0.2, -0.15) is 2.90 Å². The van der Waals surface area contributed by atoms with Gasteiger partial charge in [0.15, 0.2) is 0 Å². The van der Waals surface area contributed by atoms with Crippen LogP contribution in [-0.4, -0.2) is 25.5 Å². The third-order valence-corrected chi connectivity index (χ3v) is 3.45. The summed E-state index contributed by atoms with van der Waals surface area (Å²) in [6.07, 6.45) is 0.957. The lowest BCUT2D eigenvalue weighted by atomic mass is 10.1. The molecule has 0 bridgehead atoms. The minimum Gasteiger partial charge on any atom is -0.296 e. The van der Waals surface area contributed by atoms with Gasteiger partial charge in [0.1, 0.15) is 0 Å². The maximum atomic E-state index is 11.7. The molecule has 4 nitrogen and oxygen atoms in total. The van der Waals surface area contributed by atoms with Crippen molar-refractivity contribution in [2.75, 3.05) is 6.54 Å². The summed E-state index contributed by atoms with van der Waals surface area (Å²) in [7, 11) is 0. The predicted octanol–water partition coefficient (Wildman–Crippen LogP) is 1.14. The first-order chi connectivity index (χ1) is 6.59. The molecule has 0 saturated heterocycles. The standard InChI is InChI=1S/C9H14IN3O/c1-6(2)12-4-3-8-7(5-12)9(14)13(10)11-8/h6,11H,3-5H2,1-2H3. The van der Waals surface area contributed by atoms with Crippen molar-refractivity contribution in [3.8, 4) is 0 Å². The predicted molar refractivity (Wildman–Crippen MR) is 63.7 cm³/mol. The number of nitrogens with zero attached hydrogens (tertiary/aromatic N) is 2. The van der Waals surface area contributed by atoms with Gasteiger partial charge in [0.25, 0.3) is 5.56 Å². The molecule has 5 heteroatoms. The van der Waals surface area contributed by atoms with Crippen LogP contribution >= 0.6 is 22.9 Å². The Morgan fingerprint density at radius 3 is 2.86 bits per heavy atom. The second-order valence-corrected chi connectivity index (χ2v) is 4.93. The highest BCUT2D eigenvalue weighted by atomic mass is 127. The normalized spacial score (nSPS) is 17.4. The SMILES string of the molecule is CC(C)N1CCc2[nH]n(I)c(=O)c2C1. The van der Waals surface area contributed by atoms with Crippen molar-refractivity contribution in [1.29, 1.82) is 0 Å². The summed E-state index contributed by atoms with van der Waals surface area (Å²) in [5.74, 6) is 0. The van der Waals surface area contributed by atoms with Gasteiger partial charge in [-0.3, -0.25) is 14.8 Å². The molecule has 78 valence electrons. The van der Waals surface area contributed by atoms with Crippen LogP contribution in [0.1, 0.15) is 25.1 Å². The summed E-state index contributed by atoms with van der Waals surface area (Å²) in [5.41, 5.74) is 2.17. The number of aromatic nitrogens is 2. The van der Waals surface area contributed by atoms with Gasteiger partial charge in [0, 0.05) is 31.2 Å². The Morgan fingerprint density at radius 2 is 2.21 bits per heavy atom. The Hall–Kier alpha value is -0.300. The molecule has 0 atom stereocenters. The van der Waals surface area contributed by atoms with Gasteiger partial charge < -0.3 is 0 Å². The molecule has 0 aromatic carbocycles. The van der Waals surface area contributed by atoms with Gasteiger partial charge >= 0.3 is 0 Å². The number of hydrogen-bond donors (Lipinski definition) is 1. The fourth-order valence-electron chi connectivity index (χ4n) is 1.83. The van der Waals surface area contributed by atoms with Crippen LogP contribution in [0.2, 0.25) is 0 Å². The van der Waals surface area contributed by atoms with E-state index >= 15 is 0 Å². The number of fused-ring (bicyclic) bond motifs is 1. The minimum atomic E-state index is 0.117. The van der Waals surface area contributed by atoms with Crippen molar-refractivity contribution in [1.82, 2.24) is 12.9 Å². The molecule has 0 saturated carbocycles. The third-order valence-electron chi connectivity index (χ3n) is 2.77. The van der Waals surface area contributed by atoms with Crippen LogP contribution in [0.25, 0.3) is 0 Å². The fraction of sp³-hybridized carbons (Fsp3) is 0.667. The topological polar surface area (TPSA) is 41.0 Å². The molecule has 14 heavy (non-hydrogen) atoms. The molecular weight excluding hydrogens is 293 g/mol. The average molecular weight is 307 g/mol. The molecule has 2 heterocycles. The van der Waals surface area contributed by atoms with Gasteiger partial charge in [0.2, 0.25) is 0 Å². The van der Waals surface area contributed by atoms with Crippen LogP contribution in [0.5, 0.6) is 0 Å². The zero-order valence-corrected chi connectivity index (χ0v) is 10.5. The van der Waals surface area contributed by atoms with E-state index in [1.807, 2.05) is 22.9 Å². The highest BCUT2D eigenvalue weighted by Crippen LogP contribution is 2.16. The summed E-state index contributed by atoms with van der Waals surface area (Å²) in [6.45, 7) is 6.17. The second-order valence-electron chi connectivity index (χ2n) is 3.97. The maximum absolute atomic E-state index is 11.7. The lowest BCUT2D eigenvalue weighted by Crippen LogP contribution is -2.37. The van der Waals surface area contributed by atoms with E-state index in [-0.39, 0.29) is 5.56 Å². The Morgan fingerprint density at radius 1 is 1.50 bits per heavy atom. The molecule has 0 unspecified atom stereocenters. The van der Waals surface area contributed by atoms with E-state index in [0.717, 1.165) is 30.8 Å². The minimum absolute atomic E-state index is 0.117. The molecule has 1 aliphatic rings. The van der Waals surface area contributed by atoms with Crippen molar-refractivity contribution in [2.45, 2.75) is 32.9 Å². The molecule has 0 spiro atoms. The highest BCUT2D eigenvalue weighted by Gasteiger charge is 2.23. The van der Waals surface area contributed by atoms with Crippen LogP contribution in [0.4, 0.5) is 0 Å². The number of nitrogens with one attached hydrogen (secondary N) is 1.